The summed E-state index contributed by atoms with van der Waals surface area (Å²) in [6.07, 6.45) is 2.46. The van der Waals surface area contributed by atoms with Crippen LogP contribution in [0.1, 0.15) is 31.2 Å². The minimum Gasteiger partial charge on any atom is -0.503 e. The van der Waals surface area contributed by atoms with E-state index in [0.717, 1.165) is 21.4 Å². The molecular weight excluding hydrogens is 607 g/mol. The Kier molecular flexibility index (Phi) is 6.16. The second-order valence-corrected chi connectivity index (χ2v) is 12.3. The van der Waals surface area contributed by atoms with Crippen LogP contribution in [-0.2, 0) is 19.2 Å². The first-order chi connectivity index (χ1) is 18.9. The number of methoxy groups -OCH3 is 1. The highest BCUT2D eigenvalue weighted by molar-refractivity contribution is 9.10. The maximum atomic E-state index is 14.3. The van der Waals surface area contributed by atoms with Crippen LogP contribution in [-0.4, -0.2) is 47.8 Å². The van der Waals surface area contributed by atoms with E-state index in [4.69, 9.17) is 16.3 Å². The fourth-order valence-electron chi connectivity index (χ4n) is 7.34. The fraction of sp³-hybridized carbons (Fsp3) is 0.379. The first kappa shape index (κ1) is 27.0. The molecule has 2 heterocycles. The van der Waals surface area contributed by atoms with Crippen molar-refractivity contribution >= 4 is 56.8 Å². The standard InChI is InChI=1S/C29H25BrClFN2O6/c1-29-17(26(37)34(28(29)39)13-4-7-20(32)19(31)10-13)11-16-14(5-6-15-22(16)27(38)33(2)25(15)36)23(29)12-8-18(30)24(35)21(9-12)40-3/h4-5,7-10,15-17,22-23,35H,6,11H2,1-3H3/t15-,16+,17-,22-,23-,29+/m0/s1. The average molecular weight is 632 g/mol. The van der Waals surface area contributed by atoms with Crippen LogP contribution in [0.25, 0.3) is 0 Å². The van der Waals surface area contributed by atoms with Gasteiger partial charge < -0.3 is 9.84 Å². The van der Waals surface area contributed by atoms with Crippen molar-refractivity contribution in [3.05, 3.63) is 62.9 Å². The summed E-state index contributed by atoms with van der Waals surface area (Å²) in [5.41, 5.74) is 0.262. The van der Waals surface area contributed by atoms with E-state index in [-0.39, 0.29) is 40.4 Å². The van der Waals surface area contributed by atoms with Gasteiger partial charge >= 0.3 is 0 Å². The van der Waals surface area contributed by atoms with Crippen molar-refractivity contribution in [2.24, 2.45) is 29.1 Å². The van der Waals surface area contributed by atoms with Crippen LogP contribution in [0.3, 0.4) is 0 Å². The lowest BCUT2D eigenvalue weighted by molar-refractivity contribution is -0.138. The molecule has 1 N–H and O–H groups in total. The molecule has 11 heteroatoms. The monoisotopic (exact) mass is 630 g/mol. The zero-order valence-electron chi connectivity index (χ0n) is 21.8. The number of ether oxygens (including phenoxy) is 1. The number of phenols is 1. The van der Waals surface area contributed by atoms with Crippen molar-refractivity contribution in [3.63, 3.8) is 0 Å². The molecule has 3 fully saturated rings. The third kappa shape index (κ3) is 3.48. The predicted octanol–water partition coefficient (Wildman–Crippen LogP) is 4.82. The molecule has 2 saturated heterocycles. The summed E-state index contributed by atoms with van der Waals surface area (Å²) in [6, 6.07) is 7.00. The number of nitrogens with zero attached hydrogens (tertiary/aromatic N) is 2. The number of carbonyl (C=O) groups excluding carboxylic acids is 4. The molecule has 1 saturated carbocycles. The second-order valence-electron chi connectivity index (χ2n) is 11.0. The van der Waals surface area contributed by atoms with Gasteiger partial charge in [-0.3, -0.25) is 24.1 Å². The van der Waals surface area contributed by atoms with E-state index in [1.165, 1.54) is 26.3 Å². The minimum absolute atomic E-state index is 0.118. The summed E-state index contributed by atoms with van der Waals surface area (Å²) in [6.45, 7) is 1.73. The van der Waals surface area contributed by atoms with E-state index >= 15 is 0 Å². The topological polar surface area (TPSA) is 104 Å². The Morgan fingerprint density at radius 1 is 1.10 bits per heavy atom. The Morgan fingerprint density at radius 2 is 1.82 bits per heavy atom. The molecule has 0 spiro atoms. The Morgan fingerprint density at radius 3 is 2.50 bits per heavy atom. The number of allylic oxidation sites excluding steroid dienone is 2. The first-order valence-electron chi connectivity index (χ1n) is 12.8. The molecule has 2 aliphatic heterocycles. The third-order valence-electron chi connectivity index (χ3n) is 9.26. The van der Waals surface area contributed by atoms with Gasteiger partial charge in [-0.15, -0.1) is 0 Å². The van der Waals surface area contributed by atoms with Crippen molar-refractivity contribution < 1.29 is 33.4 Å². The van der Waals surface area contributed by atoms with E-state index in [2.05, 4.69) is 15.9 Å². The second kappa shape index (κ2) is 9.14. The smallest absolute Gasteiger partial charge is 0.241 e. The summed E-state index contributed by atoms with van der Waals surface area (Å²) in [7, 11) is 2.88. The number of anilines is 1. The van der Waals surface area contributed by atoms with Crippen LogP contribution in [0, 0.1) is 34.9 Å². The van der Waals surface area contributed by atoms with Gasteiger partial charge in [0.25, 0.3) is 0 Å². The molecule has 2 aromatic carbocycles. The zero-order chi connectivity index (χ0) is 28.8. The highest BCUT2D eigenvalue weighted by atomic mass is 79.9. The summed E-state index contributed by atoms with van der Waals surface area (Å²) >= 11 is 9.39. The van der Waals surface area contributed by atoms with Gasteiger partial charge in [0.05, 0.1) is 45.5 Å². The minimum atomic E-state index is -1.30. The molecule has 40 heavy (non-hydrogen) atoms. The van der Waals surface area contributed by atoms with Crippen molar-refractivity contribution in [2.45, 2.75) is 25.7 Å². The Bertz CT molecular complexity index is 1560. The van der Waals surface area contributed by atoms with E-state index in [1.54, 1.807) is 19.1 Å². The van der Waals surface area contributed by atoms with Crippen LogP contribution in [0.5, 0.6) is 11.5 Å². The Hall–Kier alpha value is -3.24. The number of benzene rings is 2. The molecule has 4 aliphatic rings. The lowest BCUT2D eigenvalue weighted by Gasteiger charge is -2.49. The summed E-state index contributed by atoms with van der Waals surface area (Å²) in [5, 5.41) is 10.3. The van der Waals surface area contributed by atoms with Gasteiger partial charge in [-0.05, 0) is 77.5 Å². The van der Waals surface area contributed by atoms with Crippen molar-refractivity contribution in [1.29, 1.82) is 0 Å². The van der Waals surface area contributed by atoms with E-state index in [0.29, 0.717) is 16.5 Å². The SMILES string of the molecule is COc1cc([C@H]2C3=CC[C@@H]4C(=O)N(C)C(=O)[C@@H]4[C@@H]3C[C@H]3C(=O)N(c4ccc(F)c(Cl)c4)C(=O)[C@@]23C)cc(Br)c1O. The van der Waals surface area contributed by atoms with Crippen molar-refractivity contribution in [3.8, 4) is 11.5 Å². The molecule has 4 amide bonds. The zero-order valence-corrected chi connectivity index (χ0v) is 24.1. The van der Waals surface area contributed by atoms with E-state index in [9.17, 15) is 28.7 Å². The normalized spacial score (nSPS) is 31.2. The van der Waals surface area contributed by atoms with Crippen LogP contribution < -0.4 is 9.64 Å². The number of halogens is 3. The van der Waals surface area contributed by atoms with Crippen LogP contribution in [0.15, 0.2) is 46.5 Å². The van der Waals surface area contributed by atoms with Gasteiger partial charge in [-0.25, -0.2) is 9.29 Å². The molecule has 0 aromatic heterocycles. The summed E-state index contributed by atoms with van der Waals surface area (Å²) in [4.78, 5) is 56.8. The maximum absolute atomic E-state index is 14.3. The number of amides is 4. The molecule has 6 rings (SSSR count). The van der Waals surface area contributed by atoms with Gasteiger partial charge in [0, 0.05) is 13.0 Å². The number of hydrogen-bond acceptors (Lipinski definition) is 6. The van der Waals surface area contributed by atoms with Crippen LogP contribution in [0.4, 0.5) is 10.1 Å². The average Bonchev–Trinajstić information content (AvgIpc) is 3.26. The summed E-state index contributed by atoms with van der Waals surface area (Å²) < 4.78 is 19.7. The van der Waals surface area contributed by atoms with Gasteiger partial charge in [0.15, 0.2) is 11.5 Å². The van der Waals surface area contributed by atoms with Crippen LogP contribution >= 0.6 is 27.5 Å². The number of aromatic hydroxyl groups is 1. The van der Waals surface area contributed by atoms with Gasteiger partial charge in [0.1, 0.15) is 5.82 Å². The van der Waals surface area contributed by atoms with Crippen molar-refractivity contribution in [1.82, 2.24) is 4.90 Å². The van der Waals surface area contributed by atoms with Crippen molar-refractivity contribution in [2.75, 3.05) is 19.1 Å². The maximum Gasteiger partial charge on any atom is 0.241 e. The number of fused-ring (bicyclic) bond motifs is 4. The number of carbonyl (C=O) groups is 4. The number of phenolic OH excluding ortho intramolecular Hbond substituents is 1. The number of imide groups is 2. The number of rotatable bonds is 3. The Labute approximate surface area is 242 Å². The quantitative estimate of drug-likeness (QED) is 0.385. The lowest BCUT2D eigenvalue weighted by atomic mass is 9.51. The Balaban J connectivity index is 1.56. The van der Waals surface area contributed by atoms with Gasteiger partial charge in [-0.1, -0.05) is 23.3 Å². The molecule has 208 valence electrons. The first-order valence-corrected chi connectivity index (χ1v) is 14.0. The molecule has 0 radical (unpaired) electrons. The molecule has 0 unspecified atom stereocenters. The van der Waals surface area contributed by atoms with Crippen LogP contribution in [0.2, 0.25) is 5.02 Å². The number of likely N-dealkylation sites (tertiary alicyclic amines) is 1. The summed E-state index contributed by atoms with van der Waals surface area (Å²) in [5.74, 6) is -5.30. The highest BCUT2D eigenvalue weighted by Gasteiger charge is 2.67. The molecule has 8 nitrogen and oxygen atoms in total. The van der Waals surface area contributed by atoms with E-state index < -0.39 is 52.6 Å². The molecule has 6 atom stereocenters. The largest absolute Gasteiger partial charge is 0.503 e. The number of hydrogen-bond donors (Lipinski definition) is 1. The van der Waals surface area contributed by atoms with E-state index in [1.807, 2.05) is 6.08 Å². The van der Waals surface area contributed by atoms with Gasteiger partial charge in [-0.2, -0.15) is 0 Å². The molecule has 0 bridgehead atoms. The molecule has 2 aliphatic carbocycles. The lowest BCUT2D eigenvalue weighted by Crippen LogP contribution is -2.48. The third-order valence-corrected chi connectivity index (χ3v) is 10.2. The fourth-order valence-corrected chi connectivity index (χ4v) is 7.97. The predicted molar refractivity (Wildman–Crippen MR) is 146 cm³/mol. The van der Waals surface area contributed by atoms with Gasteiger partial charge in [0.2, 0.25) is 23.6 Å². The highest BCUT2D eigenvalue weighted by Crippen LogP contribution is 2.64. The molecular formula is C29H25BrClFN2O6. The molecule has 2 aromatic rings.